The largest absolute Gasteiger partial charge is 0.370 e. The smallest absolute Gasteiger partial charge is 0.155 e. The van der Waals surface area contributed by atoms with Crippen LogP contribution in [0.2, 0.25) is 0 Å². The lowest BCUT2D eigenvalue weighted by molar-refractivity contribution is -0.127. The predicted molar refractivity (Wildman–Crippen MR) is 61.8 cm³/mol. The molecule has 1 fully saturated rings. The zero-order valence-electron chi connectivity index (χ0n) is 10.5. The van der Waals surface area contributed by atoms with Gasteiger partial charge in [0.15, 0.2) is 5.78 Å². The van der Waals surface area contributed by atoms with Crippen LogP contribution in [0.4, 0.5) is 0 Å². The number of carbonyl (C=O) groups is 1. The van der Waals surface area contributed by atoms with E-state index in [2.05, 4.69) is 20.8 Å². The fraction of sp³-hybridized carbons (Fsp3) is 0.923. The Morgan fingerprint density at radius 2 is 1.87 bits per heavy atom. The second-order valence-corrected chi connectivity index (χ2v) is 5.81. The van der Waals surface area contributed by atoms with E-state index in [1.54, 1.807) is 6.92 Å². The first-order valence-electron chi connectivity index (χ1n) is 6.02. The zero-order valence-corrected chi connectivity index (χ0v) is 10.5. The monoisotopic (exact) mass is 212 g/mol. The Balaban J connectivity index is 2.54. The van der Waals surface area contributed by atoms with E-state index in [1.807, 2.05) is 0 Å². The molecule has 0 amide bonds. The van der Waals surface area contributed by atoms with Crippen molar-refractivity contribution in [1.29, 1.82) is 0 Å². The van der Waals surface area contributed by atoms with Gasteiger partial charge in [-0.2, -0.15) is 0 Å². The SMILES string of the molecule is CC(=O)COC1CCCCC1C(C)(C)C. The van der Waals surface area contributed by atoms with Crippen LogP contribution < -0.4 is 0 Å². The Hall–Kier alpha value is -0.370. The number of rotatable bonds is 3. The molecule has 0 aromatic carbocycles. The van der Waals surface area contributed by atoms with E-state index in [4.69, 9.17) is 4.74 Å². The van der Waals surface area contributed by atoms with Gasteiger partial charge >= 0.3 is 0 Å². The van der Waals surface area contributed by atoms with Gasteiger partial charge in [-0.15, -0.1) is 0 Å². The molecule has 2 heteroatoms. The summed E-state index contributed by atoms with van der Waals surface area (Å²) < 4.78 is 5.73. The Labute approximate surface area is 93.4 Å². The van der Waals surface area contributed by atoms with Gasteiger partial charge in [0.2, 0.25) is 0 Å². The molecule has 2 atom stereocenters. The quantitative estimate of drug-likeness (QED) is 0.718. The van der Waals surface area contributed by atoms with Gasteiger partial charge in [0, 0.05) is 0 Å². The molecule has 0 saturated heterocycles. The van der Waals surface area contributed by atoms with Crippen LogP contribution in [0.15, 0.2) is 0 Å². The Bertz CT molecular complexity index is 215. The summed E-state index contributed by atoms with van der Waals surface area (Å²) in [5, 5.41) is 0. The fourth-order valence-corrected chi connectivity index (χ4v) is 2.51. The zero-order chi connectivity index (χ0) is 11.5. The number of hydrogen-bond acceptors (Lipinski definition) is 2. The molecule has 1 aliphatic carbocycles. The van der Waals surface area contributed by atoms with Gasteiger partial charge in [-0.05, 0) is 31.1 Å². The molecule has 2 nitrogen and oxygen atoms in total. The highest BCUT2D eigenvalue weighted by Crippen LogP contribution is 2.39. The van der Waals surface area contributed by atoms with Gasteiger partial charge in [0.1, 0.15) is 6.61 Å². The minimum Gasteiger partial charge on any atom is -0.370 e. The van der Waals surface area contributed by atoms with Crippen molar-refractivity contribution in [2.45, 2.75) is 59.5 Å². The van der Waals surface area contributed by atoms with Gasteiger partial charge in [0.25, 0.3) is 0 Å². The summed E-state index contributed by atoms with van der Waals surface area (Å²) >= 11 is 0. The normalized spacial score (nSPS) is 27.7. The summed E-state index contributed by atoms with van der Waals surface area (Å²) in [6.07, 6.45) is 5.21. The molecule has 0 N–H and O–H groups in total. The van der Waals surface area contributed by atoms with Crippen LogP contribution in [0, 0.1) is 11.3 Å². The van der Waals surface area contributed by atoms with Crippen LogP contribution in [0.1, 0.15) is 53.4 Å². The second-order valence-electron chi connectivity index (χ2n) is 5.81. The van der Waals surface area contributed by atoms with Gasteiger partial charge in [-0.3, -0.25) is 4.79 Å². The van der Waals surface area contributed by atoms with E-state index in [9.17, 15) is 4.79 Å². The lowest BCUT2D eigenvalue weighted by atomic mass is 9.71. The fourth-order valence-electron chi connectivity index (χ4n) is 2.51. The minimum absolute atomic E-state index is 0.133. The first-order valence-corrected chi connectivity index (χ1v) is 6.02. The van der Waals surface area contributed by atoms with Crippen LogP contribution in [0.25, 0.3) is 0 Å². The number of ether oxygens (including phenoxy) is 1. The summed E-state index contributed by atoms with van der Waals surface area (Å²) in [7, 11) is 0. The molecule has 0 heterocycles. The van der Waals surface area contributed by atoms with Crippen molar-refractivity contribution in [3.63, 3.8) is 0 Å². The number of hydrogen-bond donors (Lipinski definition) is 0. The maximum absolute atomic E-state index is 10.9. The third-order valence-corrected chi connectivity index (χ3v) is 3.32. The molecule has 15 heavy (non-hydrogen) atoms. The molecule has 0 radical (unpaired) electrons. The maximum Gasteiger partial charge on any atom is 0.155 e. The van der Waals surface area contributed by atoms with Crippen molar-refractivity contribution in [3.8, 4) is 0 Å². The lowest BCUT2D eigenvalue weighted by Gasteiger charge is -2.40. The summed E-state index contributed by atoms with van der Waals surface area (Å²) in [6.45, 7) is 8.69. The third-order valence-electron chi connectivity index (χ3n) is 3.32. The van der Waals surface area contributed by atoms with Crippen LogP contribution >= 0.6 is 0 Å². The van der Waals surface area contributed by atoms with Crippen molar-refractivity contribution >= 4 is 5.78 Å². The van der Waals surface area contributed by atoms with E-state index >= 15 is 0 Å². The van der Waals surface area contributed by atoms with Crippen molar-refractivity contribution < 1.29 is 9.53 Å². The first-order chi connectivity index (χ1) is 6.91. The van der Waals surface area contributed by atoms with Crippen molar-refractivity contribution in [3.05, 3.63) is 0 Å². The maximum atomic E-state index is 10.9. The molecule has 0 spiro atoms. The van der Waals surface area contributed by atoms with E-state index in [0.29, 0.717) is 17.4 Å². The molecule has 2 unspecified atom stereocenters. The number of ketones is 1. The Morgan fingerprint density at radius 1 is 1.27 bits per heavy atom. The van der Waals surface area contributed by atoms with Crippen molar-refractivity contribution in [2.24, 2.45) is 11.3 Å². The van der Waals surface area contributed by atoms with Crippen LogP contribution in [0.5, 0.6) is 0 Å². The Morgan fingerprint density at radius 3 is 2.40 bits per heavy atom. The topological polar surface area (TPSA) is 26.3 Å². The van der Waals surface area contributed by atoms with E-state index in [1.165, 1.54) is 19.3 Å². The van der Waals surface area contributed by atoms with Gasteiger partial charge in [0.05, 0.1) is 6.10 Å². The highest BCUT2D eigenvalue weighted by atomic mass is 16.5. The minimum atomic E-state index is 0.133. The lowest BCUT2D eigenvalue weighted by Crippen LogP contribution is -2.37. The van der Waals surface area contributed by atoms with Crippen molar-refractivity contribution in [1.82, 2.24) is 0 Å². The summed E-state index contributed by atoms with van der Waals surface area (Å²) in [5.74, 6) is 0.735. The highest BCUT2D eigenvalue weighted by Gasteiger charge is 2.34. The molecular weight excluding hydrogens is 188 g/mol. The van der Waals surface area contributed by atoms with Crippen LogP contribution in [-0.4, -0.2) is 18.5 Å². The number of carbonyl (C=O) groups excluding carboxylic acids is 1. The third kappa shape index (κ3) is 3.94. The van der Waals surface area contributed by atoms with Crippen LogP contribution in [0.3, 0.4) is 0 Å². The number of Topliss-reactive ketones (excluding diaryl/α,β-unsaturated/α-hetero) is 1. The standard InChI is InChI=1S/C13H24O2/c1-10(14)9-15-12-8-6-5-7-11(12)13(2,3)4/h11-12H,5-9H2,1-4H3. The van der Waals surface area contributed by atoms with Gasteiger partial charge in [-0.1, -0.05) is 33.6 Å². The van der Waals surface area contributed by atoms with Crippen LogP contribution in [-0.2, 0) is 9.53 Å². The molecular formula is C13H24O2. The first kappa shape index (κ1) is 12.7. The molecule has 1 saturated carbocycles. The Kier molecular flexibility index (Phi) is 4.32. The average Bonchev–Trinajstić information content (AvgIpc) is 2.13. The molecule has 0 bridgehead atoms. The highest BCUT2D eigenvalue weighted by molar-refractivity contribution is 5.76. The molecule has 0 aromatic rings. The predicted octanol–water partition coefficient (Wildman–Crippen LogP) is 3.20. The summed E-state index contributed by atoms with van der Waals surface area (Å²) in [5.41, 5.74) is 0.294. The van der Waals surface area contributed by atoms with Crippen molar-refractivity contribution in [2.75, 3.05) is 6.61 Å². The molecule has 88 valence electrons. The second kappa shape index (κ2) is 5.11. The van der Waals surface area contributed by atoms with E-state index in [0.717, 1.165) is 6.42 Å². The molecule has 1 aliphatic rings. The molecule has 0 aromatic heterocycles. The van der Waals surface area contributed by atoms with Gasteiger partial charge in [-0.25, -0.2) is 0 Å². The van der Waals surface area contributed by atoms with Gasteiger partial charge < -0.3 is 4.74 Å². The van der Waals surface area contributed by atoms with E-state index < -0.39 is 0 Å². The summed E-state index contributed by atoms with van der Waals surface area (Å²) in [6, 6.07) is 0. The van der Waals surface area contributed by atoms with E-state index in [-0.39, 0.29) is 12.4 Å². The molecule has 1 rings (SSSR count). The molecule has 0 aliphatic heterocycles. The summed E-state index contributed by atoms with van der Waals surface area (Å²) in [4.78, 5) is 10.9. The average molecular weight is 212 g/mol.